The summed E-state index contributed by atoms with van der Waals surface area (Å²) in [5, 5.41) is 10.5. The fraction of sp³-hybridized carbons (Fsp3) is 0.217. The van der Waals surface area contributed by atoms with Crippen LogP contribution in [-0.4, -0.2) is 58.1 Å². The van der Waals surface area contributed by atoms with E-state index in [2.05, 4.69) is 0 Å². The lowest BCUT2D eigenvalue weighted by molar-refractivity contribution is -0.156. The molecule has 0 bridgehead atoms. The van der Waals surface area contributed by atoms with E-state index in [4.69, 9.17) is 11.6 Å². The molecule has 2 aliphatic rings. The topological polar surface area (TPSA) is 64.1 Å². The van der Waals surface area contributed by atoms with Crippen molar-refractivity contribution in [3.63, 3.8) is 0 Å². The van der Waals surface area contributed by atoms with E-state index in [0.717, 1.165) is 31.0 Å². The maximum absolute atomic E-state index is 12.6. The maximum atomic E-state index is 12.6. The Morgan fingerprint density at radius 1 is 1.03 bits per heavy atom. The third-order valence-electron chi connectivity index (χ3n) is 5.18. The number of thiophene rings is 1. The van der Waals surface area contributed by atoms with Crippen molar-refractivity contribution >= 4 is 46.4 Å². The van der Waals surface area contributed by atoms with Crippen molar-refractivity contribution in [2.24, 2.45) is 0 Å². The molecule has 0 saturated carbocycles. The number of nitrogens with zero attached hydrogens (tertiary/aromatic N) is 3. The summed E-state index contributed by atoms with van der Waals surface area (Å²) in [4.78, 5) is 29.3. The van der Waals surface area contributed by atoms with Crippen molar-refractivity contribution in [2.75, 3.05) is 26.2 Å². The molecule has 2 aromatic rings. The number of carbonyl (C=O) groups is 2. The molecule has 1 aromatic carbocycles. The molecule has 0 spiro atoms. The zero-order chi connectivity index (χ0) is 21.8. The molecule has 3 heterocycles. The number of allylic oxidation sites excluding steroid dienone is 2. The molecule has 2 aliphatic heterocycles. The van der Waals surface area contributed by atoms with Crippen molar-refractivity contribution in [3.05, 3.63) is 81.2 Å². The van der Waals surface area contributed by atoms with Crippen LogP contribution >= 0.6 is 22.9 Å². The van der Waals surface area contributed by atoms with Crippen molar-refractivity contribution in [1.82, 2.24) is 14.9 Å². The number of hydroxylamine groups is 2. The molecule has 1 aromatic heterocycles. The second-order valence-corrected chi connectivity index (χ2v) is 9.06. The van der Waals surface area contributed by atoms with E-state index >= 15 is 0 Å². The number of carbonyl (C=O) groups excluding carboxylic acids is 2. The minimum Gasteiger partial charge on any atom is -0.329 e. The minimum absolute atomic E-state index is 0.399. The summed E-state index contributed by atoms with van der Waals surface area (Å²) in [5.41, 5.74) is 3.05. The Bertz CT molecular complexity index is 1060. The first kappa shape index (κ1) is 21.4. The second-order valence-electron chi connectivity index (χ2n) is 7.32. The molecule has 160 valence electrons. The molecule has 0 aliphatic carbocycles. The number of halogens is 1. The molecule has 8 heteroatoms. The highest BCUT2D eigenvalue weighted by molar-refractivity contribution is 7.16. The Morgan fingerprint density at radius 3 is 2.45 bits per heavy atom. The Hall–Kier alpha value is -2.87. The molecule has 0 unspecified atom stereocenters. The lowest BCUT2D eigenvalue weighted by Gasteiger charge is -2.33. The van der Waals surface area contributed by atoms with E-state index in [1.165, 1.54) is 11.3 Å². The van der Waals surface area contributed by atoms with Crippen molar-refractivity contribution in [2.45, 2.75) is 6.54 Å². The summed E-state index contributed by atoms with van der Waals surface area (Å²) in [7, 11) is 0. The van der Waals surface area contributed by atoms with Crippen molar-refractivity contribution < 1.29 is 14.8 Å². The summed E-state index contributed by atoms with van der Waals surface area (Å²) in [6, 6.07) is 11.7. The van der Waals surface area contributed by atoms with Gasteiger partial charge in [-0.25, -0.2) is 0 Å². The molecule has 1 saturated heterocycles. The van der Waals surface area contributed by atoms with Gasteiger partial charge in [0.2, 0.25) is 0 Å². The van der Waals surface area contributed by atoms with Gasteiger partial charge < -0.3 is 9.80 Å². The fourth-order valence-electron chi connectivity index (χ4n) is 3.48. The summed E-state index contributed by atoms with van der Waals surface area (Å²) in [6.45, 7) is 2.27. The van der Waals surface area contributed by atoms with Gasteiger partial charge in [-0.15, -0.1) is 11.3 Å². The van der Waals surface area contributed by atoms with E-state index in [1.807, 2.05) is 60.7 Å². The van der Waals surface area contributed by atoms with Gasteiger partial charge in [-0.3, -0.25) is 19.9 Å². The fourth-order valence-corrected chi connectivity index (χ4v) is 4.47. The quantitative estimate of drug-likeness (QED) is 0.671. The molecule has 6 nitrogen and oxygen atoms in total. The van der Waals surface area contributed by atoms with E-state index in [9.17, 15) is 14.8 Å². The smallest absolute Gasteiger partial charge is 0.312 e. The van der Waals surface area contributed by atoms with Crippen LogP contribution in [0.3, 0.4) is 0 Å². The molecule has 31 heavy (non-hydrogen) atoms. The van der Waals surface area contributed by atoms with Crippen LogP contribution < -0.4 is 0 Å². The van der Waals surface area contributed by atoms with Gasteiger partial charge in [0.25, 0.3) is 0 Å². The zero-order valence-electron chi connectivity index (χ0n) is 16.8. The third kappa shape index (κ3) is 5.25. The largest absolute Gasteiger partial charge is 0.329 e. The van der Waals surface area contributed by atoms with Crippen LogP contribution in [0.4, 0.5) is 0 Å². The molecule has 1 N–H and O–H groups in total. The first-order valence-electron chi connectivity index (χ1n) is 9.93. The van der Waals surface area contributed by atoms with Crippen molar-refractivity contribution in [3.8, 4) is 0 Å². The molecule has 1 fully saturated rings. The Labute approximate surface area is 189 Å². The SMILES string of the molecule is O=C1C(=O)N(Cc2ccc(C3=CCN(O)C=C3)cc2)CCN1CC=Cc1ccc(Cl)s1. The normalized spacial score (nSPS) is 17.1. The Kier molecular flexibility index (Phi) is 6.56. The summed E-state index contributed by atoms with van der Waals surface area (Å²) < 4.78 is 0.719. The summed E-state index contributed by atoms with van der Waals surface area (Å²) >= 11 is 7.39. The highest BCUT2D eigenvalue weighted by Crippen LogP contribution is 2.23. The Balaban J connectivity index is 1.32. The number of amides is 2. The molecule has 0 atom stereocenters. The van der Waals surface area contributed by atoms with Gasteiger partial charge in [-0.05, 0) is 41.0 Å². The second kappa shape index (κ2) is 9.51. The van der Waals surface area contributed by atoms with Crippen LogP contribution in [0.25, 0.3) is 11.6 Å². The van der Waals surface area contributed by atoms with E-state index in [1.54, 1.807) is 16.0 Å². The minimum atomic E-state index is -0.470. The summed E-state index contributed by atoms with van der Waals surface area (Å²) in [6.07, 6.45) is 9.21. The van der Waals surface area contributed by atoms with E-state index < -0.39 is 11.8 Å². The number of benzene rings is 1. The van der Waals surface area contributed by atoms with Crippen LogP contribution in [0.1, 0.15) is 16.0 Å². The van der Waals surface area contributed by atoms with Gasteiger partial charge in [0, 0.05) is 37.3 Å². The number of hydrogen-bond donors (Lipinski definition) is 1. The average molecular weight is 456 g/mol. The number of hydrogen-bond acceptors (Lipinski definition) is 5. The third-order valence-corrected chi connectivity index (χ3v) is 6.38. The first-order valence-corrected chi connectivity index (χ1v) is 11.1. The first-order chi connectivity index (χ1) is 15.0. The van der Waals surface area contributed by atoms with Gasteiger partial charge in [0.05, 0.1) is 10.9 Å². The van der Waals surface area contributed by atoms with Gasteiger partial charge in [-0.2, -0.15) is 0 Å². The average Bonchev–Trinajstić information content (AvgIpc) is 3.19. The number of piperazine rings is 1. The van der Waals surface area contributed by atoms with Crippen molar-refractivity contribution in [1.29, 1.82) is 0 Å². The van der Waals surface area contributed by atoms with Gasteiger partial charge >= 0.3 is 11.8 Å². The van der Waals surface area contributed by atoms with Gasteiger partial charge in [0.15, 0.2) is 0 Å². The maximum Gasteiger partial charge on any atom is 0.312 e. The van der Waals surface area contributed by atoms with Crippen LogP contribution in [0.15, 0.2) is 60.8 Å². The lowest BCUT2D eigenvalue weighted by atomic mass is 10.0. The Morgan fingerprint density at radius 2 is 1.77 bits per heavy atom. The summed E-state index contributed by atoms with van der Waals surface area (Å²) in [5.74, 6) is -0.938. The van der Waals surface area contributed by atoms with Gasteiger partial charge in [-0.1, -0.05) is 48.0 Å². The molecule has 2 amide bonds. The van der Waals surface area contributed by atoms with Crippen LogP contribution in [0.5, 0.6) is 0 Å². The standard InChI is InChI=1S/C23H22ClN3O3S/c24-21-8-7-20(31-21)2-1-11-25-14-15-26(23(29)22(25)28)16-17-3-5-18(6-4-17)19-9-12-27(30)13-10-19/h1-10,12,30H,11,13-16H2. The number of rotatable bonds is 6. The molecular formula is C23H22ClN3O3S. The van der Waals surface area contributed by atoms with Crippen LogP contribution in [-0.2, 0) is 16.1 Å². The monoisotopic (exact) mass is 455 g/mol. The molecular weight excluding hydrogens is 434 g/mol. The highest BCUT2D eigenvalue weighted by Gasteiger charge is 2.31. The van der Waals surface area contributed by atoms with Gasteiger partial charge in [0.1, 0.15) is 0 Å². The van der Waals surface area contributed by atoms with Crippen LogP contribution in [0, 0.1) is 0 Å². The van der Waals surface area contributed by atoms with E-state index in [-0.39, 0.29) is 0 Å². The lowest BCUT2D eigenvalue weighted by Crippen LogP contribution is -2.53. The highest BCUT2D eigenvalue weighted by atomic mass is 35.5. The predicted molar refractivity (Wildman–Crippen MR) is 122 cm³/mol. The molecule has 0 radical (unpaired) electrons. The van der Waals surface area contributed by atoms with Crippen LogP contribution in [0.2, 0.25) is 4.34 Å². The molecule has 4 rings (SSSR count). The van der Waals surface area contributed by atoms with E-state index in [0.29, 0.717) is 32.7 Å². The zero-order valence-corrected chi connectivity index (χ0v) is 18.4. The predicted octanol–water partition coefficient (Wildman–Crippen LogP) is 3.89.